The van der Waals surface area contributed by atoms with E-state index in [1.807, 2.05) is 36.7 Å². The summed E-state index contributed by atoms with van der Waals surface area (Å²) >= 11 is 0. The van der Waals surface area contributed by atoms with Crippen molar-refractivity contribution >= 4 is 45.3 Å². The van der Waals surface area contributed by atoms with Crippen LogP contribution in [-0.2, 0) is 9.59 Å². The van der Waals surface area contributed by atoms with Crippen LogP contribution in [-0.4, -0.2) is 89.8 Å². The Morgan fingerprint density at radius 3 is 1.57 bits per heavy atom. The SMILES string of the molecule is C[C@@H]1C[C@H](Nc2c(-c3ncco3)cnc3[nH]ccc23)CN(C(=O)CC#N)C1.C[C@H]1C[C@@H](Nc2c(-c3ncco3)cnc3[nH]ccc23)CN(C(=O)CC#N)C1. The number of hydrogen-bond acceptors (Lipinski definition) is 12. The molecule has 0 saturated carbocycles. The second-order valence-corrected chi connectivity index (χ2v) is 13.9. The molecule has 8 heterocycles. The summed E-state index contributed by atoms with van der Waals surface area (Å²) in [5, 5.41) is 26.7. The molecule has 2 fully saturated rings. The number of H-pyrrole nitrogens is 2. The summed E-state index contributed by atoms with van der Waals surface area (Å²) in [6.07, 6.45) is 15.1. The third kappa shape index (κ3) is 7.73. The molecule has 276 valence electrons. The van der Waals surface area contributed by atoms with Crippen molar-refractivity contribution in [1.29, 1.82) is 10.5 Å². The molecule has 2 aliphatic rings. The summed E-state index contributed by atoms with van der Waals surface area (Å²) in [4.78, 5) is 51.6. The van der Waals surface area contributed by atoms with Gasteiger partial charge in [-0.05, 0) is 36.8 Å². The molecule has 4 atom stereocenters. The highest BCUT2D eigenvalue weighted by Gasteiger charge is 2.30. The standard InChI is InChI=1S/2C19H20N6O2/c2*1-12-8-13(11-25(10-12)16(26)2-4-20)24-17-14-3-5-21-18(14)23-9-15(17)19-22-6-7-27-19/h2*3,5-7,9,12-13H,2,8,10-11H2,1H3,(H2,21,23,24)/t2*12-,13+/m10/s1. The van der Waals surface area contributed by atoms with Gasteiger partial charge in [0.15, 0.2) is 0 Å². The van der Waals surface area contributed by atoms with Crippen molar-refractivity contribution in [2.24, 2.45) is 11.8 Å². The average molecular weight is 729 g/mol. The van der Waals surface area contributed by atoms with Crippen molar-refractivity contribution in [3.63, 3.8) is 0 Å². The third-order valence-electron chi connectivity index (χ3n) is 9.68. The molecule has 0 spiro atoms. The average Bonchev–Trinajstić information content (AvgIpc) is 4.00. The predicted molar refractivity (Wildman–Crippen MR) is 199 cm³/mol. The Balaban J connectivity index is 0.000000167. The van der Waals surface area contributed by atoms with Crippen LogP contribution >= 0.6 is 0 Å². The number of amides is 2. The van der Waals surface area contributed by atoms with Gasteiger partial charge in [-0.25, -0.2) is 19.9 Å². The van der Waals surface area contributed by atoms with Gasteiger partial charge in [0.05, 0.1) is 47.0 Å². The number of carbonyl (C=O) groups excluding carboxylic acids is 2. The van der Waals surface area contributed by atoms with E-state index in [4.69, 9.17) is 19.4 Å². The number of oxazole rings is 2. The van der Waals surface area contributed by atoms with Crippen LogP contribution in [0.1, 0.15) is 39.5 Å². The van der Waals surface area contributed by atoms with Gasteiger partial charge in [0.25, 0.3) is 0 Å². The fourth-order valence-corrected chi connectivity index (χ4v) is 7.45. The fraction of sp³-hybridized carbons (Fsp3) is 0.368. The summed E-state index contributed by atoms with van der Waals surface area (Å²) in [5.74, 6) is 1.43. The maximum Gasteiger partial charge on any atom is 0.236 e. The van der Waals surface area contributed by atoms with E-state index in [0.717, 1.165) is 57.4 Å². The van der Waals surface area contributed by atoms with E-state index < -0.39 is 0 Å². The number of carbonyl (C=O) groups is 2. The lowest BCUT2D eigenvalue weighted by Crippen LogP contribution is -2.48. The minimum Gasteiger partial charge on any atom is -0.444 e. The van der Waals surface area contributed by atoms with E-state index in [1.165, 1.54) is 12.5 Å². The number of anilines is 2. The summed E-state index contributed by atoms with van der Waals surface area (Å²) in [6.45, 7) is 6.72. The first kappa shape index (κ1) is 35.7. The highest BCUT2D eigenvalue weighted by molar-refractivity contribution is 5.98. The number of pyridine rings is 2. The van der Waals surface area contributed by atoms with Crippen LogP contribution in [0.4, 0.5) is 11.4 Å². The molecule has 0 aliphatic carbocycles. The lowest BCUT2D eigenvalue weighted by Gasteiger charge is -2.37. The van der Waals surface area contributed by atoms with Gasteiger partial charge < -0.3 is 39.2 Å². The Hall–Kier alpha value is -6.68. The van der Waals surface area contributed by atoms with E-state index in [-0.39, 0.29) is 36.7 Å². The van der Waals surface area contributed by atoms with Gasteiger partial charge in [-0.15, -0.1) is 0 Å². The van der Waals surface area contributed by atoms with Gasteiger partial charge in [-0.1, -0.05) is 13.8 Å². The number of piperidine rings is 2. The van der Waals surface area contributed by atoms with Gasteiger partial charge in [-0.2, -0.15) is 10.5 Å². The Kier molecular flexibility index (Phi) is 10.5. The Morgan fingerprint density at radius 1 is 0.741 bits per heavy atom. The normalized spacial score (nSPS) is 19.8. The molecular weight excluding hydrogens is 688 g/mol. The van der Waals surface area contributed by atoms with Crippen molar-refractivity contribution < 1.29 is 18.4 Å². The van der Waals surface area contributed by atoms with E-state index in [0.29, 0.717) is 49.8 Å². The highest BCUT2D eigenvalue weighted by Crippen LogP contribution is 2.36. The summed E-state index contributed by atoms with van der Waals surface area (Å²) in [6, 6.07) is 7.94. The molecule has 16 nitrogen and oxygen atoms in total. The maximum absolute atomic E-state index is 12.2. The summed E-state index contributed by atoms with van der Waals surface area (Å²) < 4.78 is 11.0. The van der Waals surface area contributed by atoms with Crippen LogP contribution < -0.4 is 10.6 Å². The smallest absolute Gasteiger partial charge is 0.236 e. The molecule has 16 heteroatoms. The zero-order valence-electron chi connectivity index (χ0n) is 30.0. The second kappa shape index (κ2) is 15.9. The van der Waals surface area contributed by atoms with E-state index in [9.17, 15) is 9.59 Å². The lowest BCUT2D eigenvalue weighted by molar-refractivity contribution is -0.132. The van der Waals surface area contributed by atoms with Crippen LogP contribution in [0.5, 0.6) is 0 Å². The Labute approximate surface area is 310 Å². The van der Waals surface area contributed by atoms with Crippen LogP contribution in [0.3, 0.4) is 0 Å². The van der Waals surface area contributed by atoms with Crippen LogP contribution in [0.15, 0.2) is 70.7 Å². The zero-order valence-corrected chi connectivity index (χ0v) is 30.0. The third-order valence-corrected chi connectivity index (χ3v) is 9.68. The van der Waals surface area contributed by atoms with Crippen molar-refractivity contribution in [2.75, 3.05) is 36.8 Å². The number of nitriles is 2. The minimum absolute atomic E-state index is 0.0607. The first-order valence-corrected chi connectivity index (χ1v) is 17.9. The molecule has 54 heavy (non-hydrogen) atoms. The van der Waals surface area contributed by atoms with Crippen LogP contribution in [0, 0.1) is 34.5 Å². The lowest BCUT2D eigenvalue weighted by atomic mass is 9.95. The molecule has 0 bridgehead atoms. The van der Waals surface area contributed by atoms with Crippen molar-refractivity contribution in [3.8, 4) is 35.0 Å². The quantitative estimate of drug-likeness (QED) is 0.151. The van der Waals surface area contributed by atoms with Crippen molar-refractivity contribution in [2.45, 2.75) is 51.6 Å². The Bertz CT molecular complexity index is 2140. The van der Waals surface area contributed by atoms with Gasteiger partial charge in [0.1, 0.15) is 36.7 Å². The number of aromatic amines is 2. The number of aromatic nitrogens is 6. The first-order valence-electron chi connectivity index (χ1n) is 17.9. The number of nitrogens with zero attached hydrogens (tertiary/aromatic N) is 8. The highest BCUT2D eigenvalue weighted by atomic mass is 16.3. The van der Waals surface area contributed by atoms with E-state index >= 15 is 0 Å². The van der Waals surface area contributed by atoms with Gasteiger partial charge in [0, 0.05) is 73.8 Å². The topological polar surface area (TPSA) is 222 Å². The van der Waals surface area contributed by atoms with E-state index in [2.05, 4.69) is 54.4 Å². The number of fused-ring (bicyclic) bond motifs is 2. The van der Waals surface area contributed by atoms with Gasteiger partial charge in [0.2, 0.25) is 23.6 Å². The van der Waals surface area contributed by atoms with Gasteiger partial charge >= 0.3 is 0 Å². The first-order chi connectivity index (χ1) is 26.3. The number of rotatable bonds is 8. The maximum atomic E-state index is 12.2. The molecule has 8 rings (SSSR count). The Morgan fingerprint density at radius 2 is 1.19 bits per heavy atom. The molecule has 4 N–H and O–H groups in total. The second-order valence-electron chi connectivity index (χ2n) is 13.9. The number of hydrogen-bond donors (Lipinski definition) is 4. The number of nitrogens with one attached hydrogen (secondary N) is 4. The molecular formula is C38H40N12O4. The zero-order chi connectivity index (χ0) is 37.6. The largest absolute Gasteiger partial charge is 0.444 e. The van der Waals surface area contributed by atoms with Gasteiger partial charge in [-0.3, -0.25) is 9.59 Å². The van der Waals surface area contributed by atoms with Crippen LogP contribution in [0.2, 0.25) is 0 Å². The molecule has 2 aliphatic heterocycles. The molecule has 6 aromatic heterocycles. The van der Waals surface area contributed by atoms with Crippen molar-refractivity contribution in [1.82, 2.24) is 39.7 Å². The number of likely N-dealkylation sites (tertiary alicyclic amines) is 2. The molecule has 6 aromatic rings. The van der Waals surface area contributed by atoms with Crippen molar-refractivity contribution in [3.05, 3.63) is 61.8 Å². The minimum atomic E-state index is -0.120. The summed E-state index contributed by atoms with van der Waals surface area (Å²) in [5.41, 5.74) is 4.87. The molecule has 0 aromatic carbocycles. The molecule has 0 unspecified atom stereocenters. The van der Waals surface area contributed by atoms with E-state index in [1.54, 1.807) is 34.6 Å². The molecule has 2 amide bonds. The predicted octanol–water partition coefficient (Wildman–Crippen LogP) is 5.56. The summed E-state index contributed by atoms with van der Waals surface area (Å²) in [7, 11) is 0. The fourth-order valence-electron chi connectivity index (χ4n) is 7.45. The molecule has 2 saturated heterocycles. The monoisotopic (exact) mass is 728 g/mol. The molecule has 0 radical (unpaired) electrons. The van der Waals surface area contributed by atoms with Crippen LogP contribution in [0.25, 0.3) is 45.0 Å².